The zero-order valence-electron chi connectivity index (χ0n) is 15.1. The van der Waals surface area contributed by atoms with Gasteiger partial charge in [0.25, 0.3) is 5.91 Å². The third kappa shape index (κ3) is 5.17. The molecular formula is C21H18BrN3O3. The van der Waals surface area contributed by atoms with E-state index in [4.69, 9.17) is 9.47 Å². The Morgan fingerprint density at radius 1 is 1.14 bits per heavy atom. The number of nitrogens with zero attached hydrogens (tertiary/aromatic N) is 2. The number of amides is 1. The number of hydrogen-bond donors (Lipinski definition) is 1. The summed E-state index contributed by atoms with van der Waals surface area (Å²) in [5.74, 6) is 0.815. The average Bonchev–Trinajstić information content (AvgIpc) is 2.74. The van der Waals surface area contributed by atoms with Crippen molar-refractivity contribution in [1.82, 2.24) is 10.4 Å². The highest BCUT2D eigenvalue weighted by atomic mass is 79.9. The monoisotopic (exact) mass is 439 g/mol. The van der Waals surface area contributed by atoms with Crippen molar-refractivity contribution in [3.8, 4) is 11.5 Å². The van der Waals surface area contributed by atoms with Crippen molar-refractivity contribution in [1.29, 1.82) is 0 Å². The molecular weight excluding hydrogens is 422 g/mol. The predicted molar refractivity (Wildman–Crippen MR) is 111 cm³/mol. The average molecular weight is 440 g/mol. The summed E-state index contributed by atoms with van der Waals surface area (Å²) in [5.41, 5.74) is 4.67. The van der Waals surface area contributed by atoms with Gasteiger partial charge < -0.3 is 9.47 Å². The van der Waals surface area contributed by atoms with Gasteiger partial charge in [-0.25, -0.2) is 5.43 Å². The van der Waals surface area contributed by atoms with E-state index in [1.807, 2.05) is 42.5 Å². The zero-order chi connectivity index (χ0) is 19.8. The van der Waals surface area contributed by atoms with Crippen molar-refractivity contribution in [2.45, 2.75) is 6.61 Å². The van der Waals surface area contributed by atoms with Gasteiger partial charge in [-0.15, -0.1) is 0 Å². The van der Waals surface area contributed by atoms with Crippen LogP contribution in [0.4, 0.5) is 0 Å². The van der Waals surface area contributed by atoms with Gasteiger partial charge in [0.1, 0.15) is 6.61 Å². The number of methoxy groups -OCH3 is 1. The molecule has 0 bridgehead atoms. The molecule has 0 aliphatic carbocycles. The van der Waals surface area contributed by atoms with Gasteiger partial charge in [-0.05, 0) is 42.0 Å². The Morgan fingerprint density at radius 3 is 2.61 bits per heavy atom. The summed E-state index contributed by atoms with van der Waals surface area (Å²) in [6, 6.07) is 16.6. The number of halogens is 1. The van der Waals surface area contributed by atoms with E-state index in [1.165, 1.54) is 6.21 Å². The maximum absolute atomic E-state index is 12.1. The van der Waals surface area contributed by atoms with Gasteiger partial charge in [-0.2, -0.15) is 5.10 Å². The van der Waals surface area contributed by atoms with Gasteiger partial charge in [-0.3, -0.25) is 9.78 Å². The molecule has 142 valence electrons. The van der Waals surface area contributed by atoms with Crippen LogP contribution in [0.25, 0.3) is 0 Å². The van der Waals surface area contributed by atoms with E-state index < -0.39 is 0 Å². The van der Waals surface area contributed by atoms with Crippen LogP contribution in [0, 0.1) is 0 Å². The van der Waals surface area contributed by atoms with Gasteiger partial charge in [0.2, 0.25) is 0 Å². The van der Waals surface area contributed by atoms with Crippen LogP contribution in [0.15, 0.2) is 76.6 Å². The molecule has 0 atom stereocenters. The minimum Gasteiger partial charge on any atom is -0.493 e. The molecule has 0 saturated heterocycles. The van der Waals surface area contributed by atoms with E-state index in [2.05, 4.69) is 31.4 Å². The lowest BCUT2D eigenvalue weighted by Crippen LogP contribution is -2.17. The van der Waals surface area contributed by atoms with Crippen LogP contribution >= 0.6 is 15.9 Å². The molecule has 0 spiro atoms. The second-order valence-corrected chi connectivity index (χ2v) is 6.64. The molecule has 0 fully saturated rings. The number of benzene rings is 2. The molecule has 0 aliphatic heterocycles. The van der Waals surface area contributed by atoms with Crippen molar-refractivity contribution in [3.63, 3.8) is 0 Å². The van der Waals surface area contributed by atoms with Gasteiger partial charge in [0.15, 0.2) is 11.5 Å². The number of ether oxygens (including phenoxy) is 2. The number of nitrogens with one attached hydrogen (secondary N) is 1. The Hall–Kier alpha value is -3.19. The highest BCUT2D eigenvalue weighted by molar-refractivity contribution is 9.10. The highest BCUT2D eigenvalue weighted by Gasteiger charge is 2.10. The van der Waals surface area contributed by atoms with Crippen LogP contribution in [-0.4, -0.2) is 24.2 Å². The van der Waals surface area contributed by atoms with Gasteiger partial charge in [0.05, 0.1) is 13.3 Å². The Balaban J connectivity index is 1.73. The summed E-state index contributed by atoms with van der Waals surface area (Å²) in [7, 11) is 1.58. The third-order valence-corrected chi connectivity index (χ3v) is 4.37. The van der Waals surface area contributed by atoms with Crippen molar-refractivity contribution < 1.29 is 14.3 Å². The van der Waals surface area contributed by atoms with Crippen LogP contribution in [0.3, 0.4) is 0 Å². The van der Waals surface area contributed by atoms with Crippen LogP contribution in [0.5, 0.6) is 11.5 Å². The first-order valence-corrected chi connectivity index (χ1v) is 9.24. The quantitative estimate of drug-likeness (QED) is 0.442. The summed E-state index contributed by atoms with van der Waals surface area (Å²) in [5, 5.41) is 4.03. The molecule has 0 unspecified atom stereocenters. The smallest absolute Gasteiger partial charge is 0.271 e. The van der Waals surface area contributed by atoms with Crippen molar-refractivity contribution in [3.05, 3.63) is 88.2 Å². The van der Waals surface area contributed by atoms with Crippen LogP contribution in [-0.2, 0) is 6.61 Å². The van der Waals surface area contributed by atoms with Gasteiger partial charge in [-0.1, -0.05) is 34.1 Å². The lowest BCUT2D eigenvalue weighted by molar-refractivity contribution is 0.0955. The SMILES string of the molecule is COc1cccc(/C=N\NC(=O)c2ccncc2)c1OCc1ccc(Br)cc1. The summed E-state index contributed by atoms with van der Waals surface area (Å²) in [6.07, 6.45) is 4.63. The molecule has 28 heavy (non-hydrogen) atoms. The molecule has 3 rings (SSSR count). The van der Waals surface area contributed by atoms with Crippen molar-refractivity contribution in [2.24, 2.45) is 5.10 Å². The van der Waals surface area contributed by atoms with E-state index in [9.17, 15) is 4.79 Å². The van der Waals surface area contributed by atoms with Gasteiger partial charge in [0, 0.05) is 28.0 Å². The number of hydrazone groups is 1. The number of pyridine rings is 1. The van der Waals surface area contributed by atoms with E-state index >= 15 is 0 Å². The first-order valence-electron chi connectivity index (χ1n) is 8.45. The number of para-hydroxylation sites is 1. The zero-order valence-corrected chi connectivity index (χ0v) is 16.7. The fourth-order valence-electron chi connectivity index (χ4n) is 2.41. The Kier molecular flexibility index (Phi) is 6.75. The first kappa shape index (κ1) is 19.6. The third-order valence-electron chi connectivity index (χ3n) is 3.84. The summed E-state index contributed by atoms with van der Waals surface area (Å²) < 4.78 is 12.4. The Morgan fingerprint density at radius 2 is 1.89 bits per heavy atom. The lowest BCUT2D eigenvalue weighted by atomic mass is 10.2. The number of aromatic nitrogens is 1. The Bertz CT molecular complexity index is 960. The van der Waals surface area contributed by atoms with E-state index in [-0.39, 0.29) is 5.91 Å². The van der Waals surface area contributed by atoms with Crippen molar-refractivity contribution in [2.75, 3.05) is 7.11 Å². The van der Waals surface area contributed by atoms with Crippen LogP contribution in [0.1, 0.15) is 21.5 Å². The molecule has 3 aromatic rings. The minimum atomic E-state index is -0.320. The van der Waals surface area contributed by atoms with E-state index in [0.717, 1.165) is 10.0 Å². The summed E-state index contributed by atoms with van der Waals surface area (Å²) in [6.45, 7) is 0.373. The first-order chi connectivity index (χ1) is 13.7. The van der Waals surface area contributed by atoms with Crippen LogP contribution in [0.2, 0.25) is 0 Å². The summed E-state index contributed by atoms with van der Waals surface area (Å²) >= 11 is 3.42. The maximum Gasteiger partial charge on any atom is 0.271 e. The van der Waals surface area contributed by atoms with Crippen molar-refractivity contribution >= 4 is 28.1 Å². The second-order valence-electron chi connectivity index (χ2n) is 5.73. The molecule has 0 saturated carbocycles. The van der Waals surface area contributed by atoms with Crippen LogP contribution < -0.4 is 14.9 Å². The fraction of sp³-hybridized carbons (Fsp3) is 0.0952. The fourth-order valence-corrected chi connectivity index (χ4v) is 2.68. The number of carbonyl (C=O) groups excluding carboxylic acids is 1. The molecule has 1 aromatic heterocycles. The minimum absolute atomic E-state index is 0.320. The molecule has 1 N–H and O–H groups in total. The molecule has 6 nitrogen and oxygen atoms in total. The predicted octanol–water partition coefficient (Wildman–Crippen LogP) is 4.20. The topological polar surface area (TPSA) is 72.8 Å². The Labute approximate surface area is 171 Å². The largest absolute Gasteiger partial charge is 0.493 e. The number of carbonyl (C=O) groups is 1. The molecule has 2 aromatic carbocycles. The number of rotatable bonds is 7. The second kappa shape index (κ2) is 9.66. The van der Waals surface area contributed by atoms with E-state index in [0.29, 0.717) is 29.2 Å². The molecule has 0 radical (unpaired) electrons. The van der Waals surface area contributed by atoms with E-state index in [1.54, 1.807) is 31.6 Å². The normalized spacial score (nSPS) is 10.6. The standard InChI is InChI=1S/C21H18BrN3O3/c1-27-19-4-2-3-17(13-24-25-21(26)16-9-11-23-12-10-16)20(19)28-14-15-5-7-18(22)8-6-15/h2-13H,14H2,1H3,(H,25,26)/b24-13-. The number of hydrogen-bond acceptors (Lipinski definition) is 5. The summed E-state index contributed by atoms with van der Waals surface area (Å²) in [4.78, 5) is 16.0. The highest BCUT2D eigenvalue weighted by Crippen LogP contribution is 2.31. The molecule has 1 heterocycles. The molecule has 1 amide bonds. The maximum atomic E-state index is 12.1. The molecule has 7 heteroatoms. The van der Waals surface area contributed by atoms with Gasteiger partial charge >= 0.3 is 0 Å². The molecule has 0 aliphatic rings. The lowest BCUT2D eigenvalue weighted by Gasteiger charge is -2.13.